The van der Waals surface area contributed by atoms with Gasteiger partial charge in [-0.15, -0.1) is 0 Å². The number of likely N-dealkylation sites (tertiary alicyclic amines) is 1. The van der Waals surface area contributed by atoms with E-state index in [0.717, 1.165) is 32.5 Å². The summed E-state index contributed by atoms with van der Waals surface area (Å²) in [5.74, 6) is 0.181. The molecular formula is C11H22N2O2. The molecule has 0 bridgehead atoms. The van der Waals surface area contributed by atoms with Gasteiger partial charge in [-0.2, -0.15) is 0 Å². The summed E-state index contributed by atoms with van der Waals surface area (Å²) in [4.78, 5) is 13.6. The first kappa shape index (κ1) is 12.5. The molecule has 1 rings (SSSR count). The van der Waals surface area contributed by atoms with Gasteiger partial charge in [0.25, 0.3) is 0 Å². The zero-order valence-electron chi connectivity index (χ0n) is 9.74. The van der Waals surface area contributed by atoms with E-state index < -0.39 is 0 Å². The van der Waals surface area contributed by atoms with Crippen molar-refractivity contribution in [2.45, 2.75) is 45.3 Å². The van der Waals surface area contributed by atoms with Crippen LogP contribution in [0.1, 0.15) is 33.1 Å². The van der Waals surface area contributed by atoms with Crippen LogP contribution in [0.2, 0.25) is 0 Å². The molecule has 0 aromatic carbocycles. The van der Waals surface area contributed by atoms with Crippen molar-refractivity contribution in [1.82, 2.24) is 4.90 Å². The highest BCUT2D eigenvalue weighted by atomic mass is 16.5. The van der Waals surface area contributed by atoms with Gasteiger partial charge in [-0.3, -0.25) is 4.79 Å². The average Bonchev–Trinajstić information content (AvgIpc) is 2.18. The summed E-state index contributed by atoms with van der Waals surface area (Å²) in [6.07, 6.45) is 2.71. The first-order valence-corrected chi connectivity index (χ1v) is 5.78. The Bertz CT molecular complexity index is 199. The van der Waals surface area contributed by atoms with Crippen molar-refractivity contribution in [3.05, 3.63) is 0 Å². The molecule has 1 amide bonds. The predicted molar refractivity (Wildman–Crippen MR) is 59.5 cm³/mol. The summed E-state index contributed by atoms with van der Waals surface area (Å²) in [5.41, 5.74) is 5.60. The minimum absolute atomic E-state index is 0.0397. The lowest BCUT2D eigenvalue weighted by molar-refractivity contribution is -0.134. The van der Waals surface area contributed by atoms with Gasteiger partial charge in [0.1, 0.15) is 0 Å². The van der Waals surface area contributed by atoms with E-state index >= 15 is 0 Å². The maximum absolute atomic E-state index is 11.7. The molecule has 0 aromatic heterocycles. The van der Waals surface area contributed by atoms with E-state index in [1.165, 1.54) is 0 Å². The largest absolute Gasteiger partial charge is 0.378 e. The van der Waals surface area contributed by atoms with Crippen LogP contribution in [0.3, 0.4) is 0 Å². The molecule has 0 radical (unpaired) electrons. The van der Waals surface area contributed by atoms with Crippen LogP contribution in [0.25, 0.3) is 0 Å². The van der Waals surface area contributed by atoms with E-state index in [-0.39, 0.29) is 11.9 Å². The maximum atomic E-state index is 11.7. The van der Waals surface area contributed by atoms with Crippen LogP contribution in [-0.4, -0.2) is 42.6 Å². The first-order valence-electron chi connectivity index (χ1n) is 5.78. The van der Waals surface area contributed by atoms with Crippen molar-refractivity contribution in [3.8, 4) is 0 Å². The van der Waals surface area contributed by atoms with Crippen molar-refractivity contribution in [2.75, 3.05) is 19.7 Å². The van der Waals surface area contributed by atoms with Gasteiger partial charge >= 0.3 is 0 Å². The number of carbonyl (C=O) groups is 1. The van der Waals surface area contributed by atoms with Crippen LogP contribution in [0, 0.1) is 0 Å². The fourth-order valence-corrected chi connectivity index (χ4v) is 1.91. The van der Waals surface area contributed by atoms with E-state index in [2.05, 4.69) is 0 Å². The Morgan fingerprint density at radius 3 is 2.60 bits per heavy atom. The monoisotopic (exact) mass is 214 g/mol. The van der Waals surface area contributed by atoms with Gasteiger partial charge in [0, 0.05) is 32.2 Å². The fraction of sp³-hybridized carbons (Fsp3) is 0.909. The topological polar surface area (TPSA) is 55.6 Å². The molecule has 1 heterocycles. The molecular weight excluding hydrogens is 192 g/mol. The van der Waals surface area contributed by atoms with Crippen molar-refractivity contribution in [2.24, 2.45) is 5.73 Å². The van der Waals surface area contributed by atoms with Crippen LogP contribution in [0.4, 0.5) is 0 Å². The highest BCUT2D eigenvalue weighted by molar-refractivity contribution is 5.76. The highest BCUT2D eigenvalue weighted by Gasteiger charge is 2.22. The number of nitrogens with zero attached hydrogens (tertiary/aromatic N) is 1. The summed E-state index contributed by atoms with van der Waals surface area (Å²) < 4.78 is 5.53. The summed E-state index contributed by atoms with van der Waals surface area (Å²) in [6, 6.07) is -0.0397. The number of rotatable bonds is 4. The quantitative estimate of drug-likeness (QED) is 0.751. The molecule has 88 valence electrons. The zero-order valence-corrected chi connectivity index (χ0v) is 9.74. The molecule has 0 saturated carbocycles. The van der Waals surface area contributed by atoms with Gasteiger partial charge in [0.15, 0.2) is 0 Å². The highest BCUT2D eigenvalue weighted by Crippen LogP contribution is 2.14. The fourth-order valence-electron chi connectivity index (χ4n) is 1.91. The third-order valence-corrected chi connectivity index (χ3v) is 2.69. The molecule has 1 saturated heterocycles. The zero-order chi connectivity index (χ0) is 11.3. The van der Waals surface area contributed by atoms with Crippen molar-refractivity contribution in [1.29, 1.82) is 0 Å². The SMILES string of the molecule is CCOC1CCN(C(=O)CC(C)N)CC1. The molecule has 4 heteroatoms. The van der Waals surface area contributed by atoms with Gasteiger partial charge < -0.3 is 15.4 Å². The van der Waals surface area contributed by atoms with Crippen LogP contribution in [0.5, 0.6) is 0 Å². The van der Waals surface area contributed by atoms with Crippen molar-refractivity contribution < 1.29 is 9.53 Å². The van der Waals surface area contributed by atoms with Gasteiger partial charge in [0.05, 0.1) is 6.10 Å². The Morgan fingerprint density at radius 1 is 1.53 bits per heavy atom. The van der Waals surface area contributed by atoms with Crippen LogP contribution >= 0.6 is 0 Å². The first-order chi connectivity index (χ1) is 7.13. The van der Waals surface area contributed by atoms with Crippen LogP contribution in [0.15, 0.2) is 0 Å². The Hall–Kier alpha value is -0.610. The van der Waals surface area contributed by atoms with E-state index in [1.807, 2.05) is 18.7 Å². The lowest BCUT2D eigenvalue weighted by Gasteiger charge is -2.32. The lowest BCUT2D eigenvalue weighted by atomic mass is 10.1. The second kappa shape index (κ2) is 6.08. The number of ether oxygens (including phenoxy) is 1. The summed E-state index contributed by atoms with van der Waals surface area (Å²) in [5, 5.41) is 0. The third kappa shape index (κ3) is 4.18. The van der Waals surface area contributed by atoms with E-state index in [1.54, 1.807) is 0 Å². The summed E-state index contributed by atoms with van der Waals surface area (Å²) in [6.45, 7) is 6.27. The van der Waals surface area contributed by atoms with E-state index in [9.17, 15) is 4.79 Å². The number of hydrogen-bond donors (Lipinski definition) is 1. The predicted octanol–water partition coefficient (Wildman–Crippen LogP) is 0.751. The molecule has 1 aliphatic rings. The Labute approximate surface area is 91.8 Å². The lowest BCUT2D eigenvalue weighted by Crippen LogP contribution is -2.42. The molecule has 1 aliphatic heterocycles. The minimum atomic E-state index is -0.0397. The molecule has 15 heavy (non-hydrogen) atoms. The number of nitrogens with two attached hydrogens (primary N) is 1. The minimum Gasteiger partial charge on any atom is -0.378 e. The third-order valence-electron chi connectivity index (χ3n) is 2.69. The van der Waals surface area contributed by atoms with E-state index in [0.29, 0.717) is 12.5 Å². The van der Waals surface area contributed by atoms with Gasteiger partial charge in [0.2, 0.25) is 5.91 Å². The molecule has 0 aliphatic carbocycles. The Kier molecular flexibility index (Phi) is 5.05. The Morgan fingerprint density at radius 2 is 2.13 bits per heavy atom. The van der Waals surface area contributed by atoms with Crippen molar-refractivity contribution >= 4 is 5.91 Å². The second-order valence-corrected chi connectivity index (χ2v) is 4.22. The normalized spacial score (nSPS) is 20.3. The molecule has 0 aromatic rings. The molecule has 4 nitrogen and oxygen atoms in total. The van der Waals surface area contributed by atoms with Crippen LogP contribution < -0.4 is 5.73 Å². The van der Waals surface area contributed by atoms with Crippen LogP contribution in [-0.2, 0) is 9.53 Å². The van der Waals surface area contributed by atoms with Gasteiger partial charge in [-0.25, -0.2) is 0 Å². The standard InChI is InChI=1S/C11H22N2O2/c1-3-15-10-4-6-13(7-5-10)11(14)8-9(2)12/h9-10H,3-8,12H2,1-2H3. The molecule has 1 unspecified atom stereocenters. The molecule has 1 atom stereocenters. The average molecular weight is 214 g/mol. The number of hydrogen-bond acceptors (Lipinski definition) is 3. The smallest absolute Gasteiger partial charge is 0.224 e. The van der Waals surface area contributed by atoms with Gasteiger partial charge in [-0.05, 0) is 26.7 Å². The summed E-state index contributed by atoms with van der Waals surface area (Å²) in [7, 11) is 0. The van der Waals surface area contributed by atoms with Crippen molar-refractivity contribution in [3.63, 3.8) is 0 Å². The second-order valence-electron chi connectivity index (χ2n) is 4.22. The Balaban J connectivity index is 2.27. The number of carbonyl (C=O) groups excluding carboxylic acids is 1. The maximum Gasteiger partial charge on any atom is 0.224 e. The number of piperidine rings is 1. The van der Waals surface area contributed by atoms with Gasteiger partial charge in [-0.1, -0.05) is 0 Å². The molecule has 2 N–H and O–H groups in total. The summed E-state index contributed by atoms with van der Waals surface area (Å²) >= 11 is 0. The molecule has 1 fully saturated rings. The van der Waals surface area contributed by atoms with E-state index in [4.69, 9.17) is 10.5 Å². The number of amides is 1. The molecule has 0 spiro atoms.